The molecule has 3 aromatic rings. The second kappa shape index (κ2) is 6.44. The van der Waals surface area contributed by atoms with Crippen LogP contribution in [0.4, 0.5) is 5.69 Å². The highest BCUT2D eigenvalue weighted by atomic mass is 35.5. The standard InChI is InChI=1S/C21H22ClN3O/c1-12(2)20-24-19-16(8-9-17-18(19)13(3)10-11-23-17)21(26)25(20)15-6-4-14(22)5-7-15/h4-9,12-13,23H,10-11H2,1-3H3. The number of aromatic nitrogens is 2. The van der Waals surface area contributed by atoms with Crippen molar-refractivity contribution in [2.75, 3.05) is 11.9 Å². The summed E-state index contributed by atoms with van der Waals surface area (Å²) in [6.45, 7) is 7.30. The lowest BCUT2D eigenvalue weighted by molar-refractivity contribution is 0.682. The quantitative estimate of drug-likeness (QED) is 0.686. The smallest absolute Gasteiger partial charge is 0.265 e. The van der Waals surface area contributed by atoms with Crippen LogP contribution < -0.4 is 10.9 Å². The lowest BCUT2D eigenvalue weighted by atomic mass is 9.90. The predicted molar refractivity (Wildman–Crippen MR) is 108 cm³/mol. The Kier molecular flexibility index (Phi) is 4.23. The SMILES string of the molecule is CC(C)c1nc2c3c(ccc2c(=O)n1-c1ccc(Cl)cc1)NCCC3C. The van der Waals surface area contributed by atoms with Gasteiger partial charge in [-0.1, -0.05) is 32.4 Å². The molecule has 1 aliphatic rings. The zero-order chi connectivity index (χ0) is 18.4. The maximum atomic E-state index is 13.4. The molecule has 0 saturated heterocycles. The molecular weight excluding hydrogens is 346 g/mol. The van der Waals surface area contributed by atoms with Gasteiger partial charge in [-0.05, 0) is 48.7 Å². The Labute approximate surface area is 157 Å². The molecule has 0 amide bonds. The number of hydrogen-bond donors (Lipinski definition) is 1. The van der Waals surface area contributed by atoms with E-state index in [2.05, 4.69) is 26.1 Å². The van der Waals surface area contributed by atoms with Gasteiger partial charge in [0.05, 0.1) is 16.6 Å². The molecule has 2 aromatic carbocycles. The van der Waals surface area contributed by atoms with Crippen LogP contribution in [0.2, 0.25) is 5.02 Å². The second-order valence-electron chi connectivity index (χ2n) is 7.28. The van der Waals surface area contributed by atoms with Gasteiger partial charge in [-0.25, -0.2) is 4.98 Å². The second-order valence-corrected chi connectivity index (χ2v) is 7.72. The molecule has 0 saturated carbocycles. The fourth-order valence-corrected chi connectivity index (χ4v) is 3.86. The fourth-order valence-electron chi connectivity index (χ4n) is 3.74. The highest BCUT2D eigenvalue weighted by Crippen LogP contribution is 2.36. The van der Waals surface area contributed by atoms with Gasteiger partial charge in [0.1, 0.15) is 5.82 Å². The third kappa shape index (κ3) is 2.69. The average molecular weight is 368 g/mol. The maximum Gasteiger partial charge on any atom is 0.265 e. The van der Waals surface area contributed by atoms with Crippen molar-refractivity contribution >= 4 is 28.2 Å². The molecule has 1 aromatic heterocycles. The molecule has 0 radical (unpaired) electrons. The van der Waals surface area contributed by atoms with Gasteiger partial charge < -0.3 is 5.32 Å². The van der Waals surface area contributed by atoms with E-state index in [1.165, 1.54) is 0 Å². The Morgan fingerprint density at radius 1 is 1.19 bits per heavy atom. The Morgan fingerprint density at radius 2 is 1.92 bits per heavy atom. The van der Waals surface area contributed by atoms with Crippen molar-refractivity contribution in [3.05, 3.63) is 63.2 Å². The molecule has 1 aliphatic heterocycles. The molecule has 0 aliphatic carbocycles. The molecule has 5 heteroatoms. The van der Waals surface area contributed by atoms with Gasteiger partial charge in [0.2, 0.25) is 0 Å². The number of anilines is 1. The van der Waals surface area contributed by atoms with Crippen LogP contribution >= 0.6 is 11.6 Å². The number of hydrogen-bond acceptors (Lipinski definition) is 3. The summed E-state index contributed by atoms with van der Waals surface area (Å²) in [5.74, 6) is 1.27. The molecule has 1 atom stereocenters. The molecule has 4 rings (SSSR count). The highest BCUT2D eigenvalue weighted by Gasteiger charge is 2.23. The summed E-state index contributed by atoms with van der Waals surface area (Å²) in [6.07, 6.45) is 1.05. The number of fused-ring (bicyclic) bond motifs is 3. The van der Waals surface area contributed by atoms with Crippen LogP contribution in [0.25, 0.3) is 16.6 Å². The zero-order valence-corrected chi connectivity index (χ0v) is 16.0. The van der Waals surface area contributed by atoms with Crippen LogP contribution in [0.15, 0.2) is 41.2 Å². The molecule has 1 unspecified atom stereocenters. The highest BCUT2D eigenvalue weighted by molar-refractivity contribution is 6.30. The van der Waals surface area contributed by atoms with E-state index in [4.69, 9.17) is 16.6 Å². The van der Waals surface area contributed by atoms with Crippen molar-refractivity contribution < 1.29 is 0 Å². The molecule has 0 bridgehead atoms. The van der Waals surface area contributed by atoms with Gasteiger partial charge >= 0.3 is 0 Å². The normalized spacial score (nSPS) is 16.6. The van der Waals surface area contributed by atoms with Gasteiger partial charge in [0.15, 0.2) is 0 Å². The Balaban J connectivity index is 2.08. The molecule has 134 valence electrons. The molecule has 1 N–H and O–H groups in total. The summed E-state index contributed by atoms with van der Waals surface area (Å²) < 4.78 is 1.72. The molecule has 0 spiro atoms. The lowest BCUT2D eigenvalue weighted by Crippen LogP contribution is -2.26. The summed E-state index contributed by atoms with van der Waals surface area (Å²) in [4.78, 5) is 18.4. The minimum Gasteiger partial charge on any atom is -0.385 e. The fraction of sp³-hybridized carbons (Fsp3) is 0.333. The minimum absolute atomic E-state index is 0.0263. The third-order valence-electron chi connectivity index (χ3n) is 5.09. The van der Waals surface area contributed by atoms with Crippen LogP contribution in [0, 0.1) is 0 Å². The van der Waals surface area contributed by atoms with Crippen molar-refractivity contribution in [3.63, 3.8) is 0 Å². The first-order chi connectivity index (χ1) is 12.5. The number of nitrogens with one attached hydrogen (secondary N) is 1. The Bertz CT molecular complexity index is 1040. The number of benzene rings is 2. The van der Waals surface area contributed by atoms with Gasteiger partial charge in [0.25, 0.3) is 5.56 Å². The summed E-state index contributed by atoms with van der Waals surface area (Å²) in [5, 5.41) is 4.76. The average Bonchev–Trinajstić information content (AvgIpc) is 2.62. The van der Waals surface area contributed by atoms with Crippen molar-refractivity contribution in [2.45, 2.75) is 39.0 Å². The van der Waals surface area contributed by atoms with Crippen molar-refractivity contribution in [1.29, 1.82) is 0 Å². The maximum absolute atomic E-state index is 13.4. The minimum atomic E-state index is -0.0263. The zero-order valence-electron chi connectivity index (χ0n) is 15.2. The van der Waals surface area contributed by atoms with Crippen molar-refractivity contribution in [1.82, 2.24) is 9.55 Å². The van der Waals surface area contributed by atoms with Crippen molar-refractivity contribution in [3.8, 4) is 5.69 Å². The third-order valence-corrected chi connectivity index (χ3v) is 5.34. The Morgan fingerprint density at radius 3 is 2.62 bits per heavy atom. The molecule has 26 heavy (non-hydrogen) atoms. The van der Waals surface area contributed by atoms with Crippen LogP contribution in [-0.4, -0.2) is 16.1 Å². The van der Waals surface area contributed by atoms with Crippen LogP contribution in [-0.2, 0) is 0 Å². The van der Waals surface area contributed by atoms with Crippen molar-refractivity contribution in [2.24, 2.45) is 0 Å². The van der Waals surface area contributed by atoms with E-state index >= 15 is 0 Å². The summed E-state index contributed by atoms with van der Waals surface area (Å²) in [6, 6.07) is 11.2. The van der Waals surface area contributed by atoms with E-state index < -0.39 is 0 Å². The monoisotopic (exact) mass is 367 g/mol. The van der Waals surface area contributed by atoms with Gasteiger partial charge in [0, 0.05) is 28.7 Å². The van der Waals surface area contributed by atoms with E-state index in [0.29, 0.717) is 16.3 Å². The number of halogens is 1. The van der Waals surface area contributed by atoms with Crippen LogP contribution in [0.1, 0.15) is 50.4 Å². The number of rotatable bonds is 2. The first-order valence-electron chi connectivity index (χ1n) is 9.06. The Hall–Kier alpha value is -2.33. The van der Waals surface area contributed by atoms with Gasteiger partial charge in [-0.15, -0.1) is 0 Å². The van der Waals surface area contributed by atoms with E-state index in [9.17, 15) is 4.79 Å². The lowest BCUT2D eigenvalue weighted by Gasteiger charge is -2.26. The topological polar surface area (TPSA) is 46.9 Å². The summed E-state index contributed by atoms with van der Waals surface area (Å²) in [5.41, 5.74) is 3.86. The van der Waals surface area contributed by atoms with Gasteiger partial charge in [-0.2, -0.15) is 0 Å². The first-order valence-corrected chi connectivity index (χ1v) is 9.44. The van der Waals surface area contributed by atoms with E-state index in [-0.39, 0.29) is 11.5 Å². The molecular formula is C21H22ClN3O. The van der Waals surface area contributed by atoms with E-state index in [0.717, 1.165) is 41.2 Å². The van der Waals surface area contributed by atoms with Gasteiger partial charge in [-0.3, -0.25) is 9.36 Å². The summed E-state index contributed by atoms with van der Waals surface area (Å²) in [7, 11) is 0. The predicted octanol–water partition coefficient (Wildman–Crippen LogP) is 5.08. The summed E-state index contributed by atoms with van der Waals surface area (Å²) >= 11 is 6.02. The first kappa shape index (κ1) is 17.1. The molecule has 2 heterocycles. The van der Waals surface area contributed by atoms with Crippen LogP contribution in [0.5, 0.6) is 0 Å². The van der Waals surface area contributed by atoms with Crippen LogP contribution in [0.3, 0.4) is 0 Å². The largest absolute Gasteiger partial charge is 0.385 e. The number of nitrogens with zero attached hydrogens (tertiary/aromatic N) is 2. The van der Waals surface area contributed by atoms with E-state index in [1.807, 2.05) is 24.3 Å². The van der Waals surface area contributed by atoms with E-state index in [1.54, 1.807) is 16.7 Å². The molecule has 0 fully saturated rings. The molecule has 4 nitrogen and oxygen atoms in total.